The van der Waals surface area contributed by atoms with E-state index in [1.54, 1.807) is 0 Å². The van der Waals surface area contributed by atoms with E-state index < -0.39 is 19.3 Å². The van der Waals surface area contributed by atoms with Crippen LogP contribution >= 0.6 is 0 Å². The fourth-order valence-electron chi connectivity index (χ4n) is 0. The van der Waals surface area contributed by atoms with Crippen LogP contribution in [0.5, 0.6) is 0 Å². The molecule has 0 rings (SSSR count). The third kappa shape index (κ3) is 106. The van der Waals surface area contributed by atoms with Crippen LogP contribution in [0.4, 0.5) is 4.39 Å². The van der Waals surface area contributed by atoms with Crippen molar-refractivity contribution in [3.8, 4) is 0 Å². The second-order valence-electron chi connectivity index (χ2n) is 1.17. The molecular weight excluding hydrogens is 197 g/mol. The Bertz CT molecular complexity index is 129. The number of hydrogen-bond donors (Lipinski definition) is 5. The molecule has 5 N–H and O–H groups in total. The number of hydrogen-bond acceptors (Lipinski definition) is 5. The first-order chi connectivity index (χ1) is 5.79. The van der Waals surface area contributed by atoms with Gasteiger partial charge in [-0.1, -0.05) is 0 Å². The third-order valence-corrected chi connectivity index (χ3v) is 0.183. The second kappa shape index (κ2) is 18.2. The first-order valence-electron chi connectivity index (χ1n) is 2.68. The minimum absolute atomic E-state index is 0. The number of halogens is 1. The van der Waals surface area contributed by atoms with Crippen molar-refractivity contribution in [1.82, 2.24) is 0 Å². The second-order valence-corrected chi connectivity index (χ2v) is 1.17. The topological polar surface area (TPSA) is 135 Å². The molecule has 0 radical (unpaired) electrons. The van der Waals surface area contributed by atoms with Crippen LogP contribution in [0.3, 0.4) is 0 Å². The zero-order valence-electron chi connectivity index (χ0n) is 7.59. The van der Waals surface area contributed by atoms with Gasteiger partial charge in [0.2, 0.25) is 0 Å². The molecule has 0 aliphatic carbocycles. The molecule has 0 bridgehead atoms. The predicted octanol–water partition coefficient (Wildman–Crippen LogP) is -4.75. The molecule has 7 nitrogen and oxygen atoms in total. The normalized spacial score (nSPS) is 6.36. The molecule has 0 atom stereocenters. The van der Waals surface area contributed by atoms with Crippen LogP contribution in [0.1, 0.15) is 6.92 Å². The smallest absolute Gasteiger partial charge is 0.473 e. The summed E-state index contributed by atoms with van der Waals surface area (Å²) in [6.07, 6.45) is 0. The number of carbonyl (C=O) groups is 2. The molecular formula is C4H9BFLiO7. The summed E-state index contributed by atoms with van der Waals surface area (Å²) in [7, 11) is -2.17. The fraction of sp³-hybridized carbons (Fsp3) is 0.250. The predicted molar refractivity (Wildman–Crippen MR) is 38.8 cm³/mol. The summed E-state index contributed by atoms with van der Waals surface area (Å²) in [6.45, 7) is 1.83. The van der Waals surface area contributed by atoms with E-state index in [2.05, 4.69) is 0 Å². The summed E-state index contributed by atoms with van der Waals surface area (Å²) in [5.41, 5.74) is 0. The van der Waals surface area contributed by atoms with Gasteiger partial charge >= 0.3 is 38.1 Å². The van der Waals surface area contributed by atoms with E-state index in [0.29, 0.717) is 6.67 Å². The van der Waals surface area contributed by atoms with Gasteiger partial charge in [0.05, 0.1) is 0 Å². The molecule has 78 valence electrons. The van der Waals surface area contributed by atoms with E-state index in [0.717, 1.165) is 0 Å². The Kier molecular flexibility index (Phi) is 30.4. The van der Waals surface area contributed by atoms with Crippen LogP contribution in [0.2, 0.25) is 0 Å². The first-order valence-corrected chi connectivity index (χ1v) is 2.68. The average molecular weight is 206 g/mol. The van der Waals surface area contributed by atoms with Gasteiger partial charge in [-0.25, -0.2) is 9.59 Å². The molecule has 0 heterocycles. The van der Waals surface area contributed by atoms with Crippen LogP contribution in [0.25, 0.3) is 0 Å². The van der Waals surface area contributed by atoms with Gasteiger partial charge in [-0.05, 0) is 0 Å². The Morgan fingerprint density at radius 1 is 1.14 bits per heavy atom. The van der Waals surface area contributed by atoms with Crippen LogP contribution in [0, 0.1) is 6.67 Å². The quantitative estimate of drug-likeness (QED) is 0.152. The molecule has 0 aliphatic heterocycles. The van der Waals surface area contributed by atoms with E-state index >= 15 is 0 Å². The van der Waals surface area contributed by atoms with Crippen molar-refractivity contribution >= 4 is 19.3 Å². The summed E-state index contributed by atoms with van der Waals surface area (Å²) in [5, 5.41) is 36.3. The van der Waals surface area contributed by atoms with Crippen LogP contribution in [0.15, 0.2) is 0 Å². The van der Waals surface area contributed by atoms with Gasteiger partial charge in [-0.15, -0.1) is 0 Å². The van der Waals surface area contributed by atoms with E-state index in [1.165, 1.54) is 6.92 Å². The molecule has 0 amide bonds. The van der Waals surface area contributed by atoms with Crippen molar-refractivity contribution in [3.05, 3.63) is 6.67 Å². The summed E-state index contributed by atoms with van der Waals surface area (Å²) in [6, 6.07) is 0. The average Bonchev–Trinajstić information content (AvgIpc) is 1.87. The maximum Gasteiger partial charge on any atom is 1.00 e. The Labute approximate surface area is 91.5 Å². The summed E-state index contributed by atoms with van der Waals surface area (Å²) in [5.74, 6) is -3.65. The zero-order valence-corrected chi connectivity index (χ0v) is 7.59. The third-order valence-electron chi connectivity index (χ3n) is 0.183. The molecule has 0 saturated heterocycles. The van der Waals surface area contributed by atoms with E-state index in [4.69, 9.17) is 34.9 Å². The molecule has 14 heavy (non-hydrogen) atoms. The minimum Gasteiger partial charge on any atom is -0.473 e. The number of rotatable bonds is 0. The maximum atomic E-state index is 10.2. The van der Waals surface area contributed by atoms with Crippen molar-refractivity contribution < 1.29 is 58.1 Å². The summed E-state index contributed by atoms with van der Waals surface area (Å²) in [4.78, 5) is 18.2. The van der Waals surface area contributed by atoms with Gasteiger partial charge in [0, 0.05) is 0 Å². The van der Waals surface area contributed by atoms with Crippen molar-refractivity contribution in [1.29, 1.82) is 0 Å². The first kappa shape index (κ1) is 23.3. The Morgan fingerprint density at radius 2 is 1.21 bits per heavy atom. The molecule has 0 saturated carbocycles. The van der Waals surface area contributed by atoms with Crippen molar-refractivity contribution in [3.63, 3.8) is 0 Å². The van der Waals surface area contributed by atoms with Crippen molar-refractivity contribution in [2.45, 2.75) is 6.92 Å². The summed E-state index contributed by atoms with van der Waals surface area (Å²) < 4.78 is 10.2. The number of carboxylic acid groups (broad SMARTS) is 2. The molecule has 0 aromatic rings. The Hall–Kier alpha value is -0.588. The maximum absolute atomic E-state index is 10.2. The van der Waals surface area contributed by atoms with Gasteiger partial charge in [0.25, 0.3) is 0 Å². The molecule has 0 fully saturated rings. The van der Waals surface area contributed by atoms with Gasteiger partial charge < -0.3 is 29.7 Å². The minimum atomic E-state index is -2.17. The number of aliphatic carboxylic acids is 2. The molecule has 0 unspecified atom stereocenters. The van der Waals surface area contributed by atoms with Gasteiger partial charge in [0.15, 0.2) is 0 Å². The number of carboxylic acids is 2. The SMILES string of the molecule is C[CH-]F.O=C(O)C(=O)O.OB(O)O.[Li+]. The van der Waals surface area contributed by atoms with Gasteiger partial charge in [0.1, 0.15) is 0 Å². The summed E-state index contributed by atoms with van der Waals surface area (Å²) >= 11 is 0. The monoisotopic (exact) mass is 206 g/mol. The fourth-order valence-corrected chi connectivity index (χ4v) is 0. The standard InChI is InChI=1S/C2H4F.C2H2O4.BH3O3.Li/c1-2-3;3-1(4)2(5)6;2-1(3)4;/h2H,1H3;(H,3,4)(H,5,6);2-4H;/q-1;;;+1. The van der Waals surface area contributed by atoms with Crippen LogP contribution < -0.4 is 18.9 Å². The van der Waals surface area contributed by atoms with E-state index in [-0.39, 0.29) is 18.9 Å². The van der Waals surface area contributed by atoms with E-state index in [9.17, 15) is 4.39 Å². The van der Waals surface area contributed by atoms with Gasteiger partial charge in [-0.3, -0.25) is 0 Å². The van der Waals surface area contributed by atoms with Crippen LogP contribution in [-0.4, -0.2) is 44.5 Å². The van der Waals surface area contributed by atoms with Crippen LogP contribution in [-0.2, 0) is 9.59 Å². The molecule has 0 aromatic heterocycles. The Morgan fingerprint density at radius 3 is 1.21 bits per heavy atom. The molecule has 0 aromatic carbocycles. The van der Waals surface area contributed by atoms with Crippen molar-refractivity contribution in [2.75, 3.05) is 0 Å². The molecule has 0 aliphatic rings. The molecule has 10 heteroatoms. The van der Waals surface area contributed by atoms with Gasteiger partial charge in [-0.2, -0.15) is 13.6 Å². The Balaban J connectivity index is -0.0000000553. The van der Waals surface area contributed by atoms with E-state index in [1.807, 2.05) is 0 Å². The van der Waals surface area contributed by atoms with Crippen molar-refractivity contribution in [2.24, 2.45) is 0 Å². The molecule has 0 spiro atoms. The zero-order chi connectivity index (χ0) is 11.4. The largest absolute Gasteiger partial charge is 1.00 e.